The maximum atomic E-state index is 11.5. The number of hydrogen-bond acceptors (Lipinski definition) is 2. The lowest BCUT2D eigenvalue weighted by Gasteiger charge is -2.39. The summed E-state index contributed by atoms with van der Waals surface area (Å²) in [6, 6.07) is 28.7. The second-order valence-corrected chi connectivity index (χ2v) is 7.93. The van der Waals surface area contributed by atoms with Crippen molar-refractivity contribution in [2.45, 2.75) is 26.2 Å². The summed E-state index contributed by atoms with van der Waals surface area (Å²) in [5.41, 5.74) is 7.30. The number of aromatic carboxylic acids is 1. The Labute approximate surface area is 183 Å². The number of hydrogen-bond donors (Lipinski definition) is 1. The van der Waals surface area contributed by atoms with Crippen molar-refractivity contribution >= 4 is 5.97 Å². The monoisotopic (exact) mass is 407 g/mol. The molecule has 154 valence electrons. The van der Waals surface area contributed by atoms with Crippen LogP contribution in [0.2, 0.25) is 0 Å². The van der Waals surface area contributed by atoms with Gasteiger partial charge in [0.05, 0.1) is 5.41 Å². The Morgan fingerprint density at radius 1 is 0.677 bits per heavy atom. The molecule has 31 heavy (non-hydrogen) atoms. The second kappa shape index (κ2) is 8.19. The van der Waals surface area contributed by atoms with E-state index in [1.54, 1.807) is 12.3 Å². The minimum Gasteiger partial charge on any atom is -0.477 e. The highest BCUT2D eigenvalue weighted by molar-refractivity contribution is 5.85. The lowest BCUT2D eigenvalue weighted by molar-refractivity contribution is 0.0690. The number of aryl methyl sites for hydroxylation is 3. The molecule has 0 radical (unpaired) electrons. The van der Waals surface area contributed by atoms with E-state index in [-0.39, 0.29) is 5.69 Å². The Balaban J connectivity index is 2.20. The van der Waals surface area contributed by atoms with Gasteiger partial charge in [-0.3, -0.25) is 0 Å². The predicted molar refractivity (Wildman–Crippen MR) is 124 cm³/mol. The van der Waals surface area contributed by atoms with E-state index in [1.165, 1.54) is 0 Å². The summed E-state index contributed by atoms with van der Waals surface area (Å²) in [6.07, 6.45) is 1.72. The van der Waals surface area contributed by atoms with Gasteiger partial charge < -0.3 is 5.11 Å². The first-order valence-corrected chi connectivity index (χ1v) is 10.3. The van der Waals surface area contributed by atoms with Crippen LogP contribution in [0.15, 0.2) is 91.1 Å². The van der Waals surface area contributed by atoms with Crippen LogP contribution in [-0.2, 0) is 5.41 Å². The topological polar surface area (TPSA) is 50.2 Å². The van der Waals surface area contributed by atoms with E-state index in [1.807, 2.05) is 24.3 Å². The molecule has 0 aliphatic carbocycles. The van der Waals surface area contributed by atoms with Gasteiger partial charge in [0.2, 0.25) is 0 Å². The Morgan fingerprint density at radius 3 is 1.42 bits per heavy atom. The first-order chi connectivity index (χ1) is 15.0. The molecule has 3 nitrogen and oxygen atoms in total. The Morgan fingerprint density at radius 2 is 1.10 bits per heavy atom. The molecule has 4 rings (SSSR count). The summed E-state index contributed by atoms with van der Waals surface area (Å²) < 4.78 is 0. The summed E-state index contributed by atoms with van der Waals surface area (Å²) in [5.74, 6) is -1.03. The van der Waals surface area contributed by atoms with Crippen molar-refractivity contribution < 1.29 is 9.90 Å². The molecule has 0 aliphatic heterocycles. The smallest absolute Gasteiger partial charge is 0.354 e. The number of carboxylic acid groups (broad SMARTS) is 1. The molecule has 1 heterocycles. The van der Waals surface area contributed by atoms with Gasteiger partial charge in [0.25, 0.3) is 0 Å². The highest BCUT2D eigenvalue weighted by Gasteiger charge is 2.41. The van der Waals surface area contributed by atoms with E-state index >= 15 is 0 Å². The van der Waals surface area contributed by atoms with Crippen molar-refractivity contribution in [3.8, 4) is 0 Å². The van der Waals surface area contributed by atoms with Crippen molar-refractivity contribution in [1.82, 2.24) is 4.98 Å². The van der Waals surface area contributed by atoms with E-state index in [4.69, 9.17) is 0 Å². The number of aromatic nitrogens is 1. The van der Waals surface area contributed by atoms with Gasteiger partial charge in [-0.2, -0.15) is 0 Å². The third-order valence-electron chi connectivity index (χ3n) is 6.06. The van der Waals surface area contributed by atoms with Gasteiger partial charge in [0.1, 0.15) is 5.69 Å². The normalized spacial score (nSPS) is 11.3. The van der Waals surface area contributed by atoms with Crippen molar-refractivity contribution in [1.29, 1.82) is 0 Å². The van der Waals surface area contributed by atoms with Crippen molar-refractivity contribution in [3.63, 3.8) is 0 Å². The standard InChI is InChI=1S/C28H25NO2/c1-19-10-4-7-13-23(19)28(24-14-8-5-11-20(24)2,25-15-9-6-12-21(25)3)22-16-17-26(27(30)31)29-18-22/h4-18H,1-3H3,(H,30,31). The summed E-state index contributed by atoms with van der Waals surface area (Å²) in [7, 11) is 0. The molecule has 1 aromatic heterocycles. The molecule has 1 N–H and O–H groups in total. The summed E-state index contributed by atoms with van der Waals surface area (Å²) in [5, 5.41) is 9.40. The van der Waals surface area contributed by atoms with Crippen LogP contribution in [-0.4, -0.2) is 16.1 Å². The Kier molecular flexibility index (Phi) is 5.43. The Hall–Kier alpha value is -3.72. The molecule has 0 saturated heterocycles. The fourth-order valence-electron chi connectivity index (χ4n) is 4.62. The average molecular weight is 408 g/mol. The highest BCUT2D eigenvalue weighted by Crippen LogP contribution is 2.48. The van der Waals surface area contributed by atoms with Gasteiger partial charge in [-0.1, -0.05) is 78.9 Å². The highest BCUT2D eigenvalue weighted by atomic mass is 16.4. The molecule has 0 atom stereocenters. The fourth-order valence-corrected chi connectivity index (χ4v) is 4.62. The van der Waals surface area contributed by atoms with Crippen LogP contribution in [0, 0.1) is 20.8 Å². The van der Waals surface area contributed by atoms with Crippen LogP contribution < -0.4 is 0 Å². The third-order valence-corrected chi connectivity index (χ3v) is 6.06. The second-order valence-electron chi connectivity index (χ2n) is 7.93. The lowest BCUT2D eigenvalue weighted by Crippen LogP contribution is -2.33. The van der Waals surface area contributed by atoms with Crippen LogP contribution >= 0.6 is 0 Å². The van der Waals surface area contributed by atoms with E-state index in [0.717, 1.165) is 38.9 Å². The van der Waals surface area contributed by atoms with Crippen LogP contribution in [0.5, 0.6) is 0 Å². The summed E-state index contributed by atoms with van der Waals surface area (Å²) in [6.45, 7) is 6.37. The molecule has 0 unspecified atom stereocenters. The van der Waals surface area contributed by atoms with Gasteiger partial charge in [0, 0.05) is 6.20 Å². The minimum absolute atomic E-state index is 0.0389. The molecule has 0 saturated carbocycles. The number of nitrogens with zero attached hydrogens (tertiary/aromatic N) is 1. The van der Waals surface area contributed by atoms with Crippen LogP contribution in [0.3, 0.4) is 0 Å². The zero-order valence-corrected chi connectivity index (χ0v) is 18.0. The molecule has 3 heteroatoms. The van der Waals surface area contributed by atoms with E-state index in [0.29, 0.717) is 0 Å². The van der Waals surface area contributed by atoms with Crippen molar-refractivity contribution in [2.24, 2.45) is 0 Å². The largest absolute Gasteiger partial charge is 0.477 e. The lowest BCUT2D eigenvalue weighted by atomic mass is 9.62. The summed E-state index contributed by atoms with van der Waals surface area (Å²) in [4.78, 5) is 15.8. The minimum atomic E-state index is -1.03. The first kappa shape index (κ1) is 20.5. The zero-order chi connectivity index (χ0) is 22.0. The van der Waals surface area contributed by atoms with E-state index in [9.17, 15) is 9.90 Å². The Bertz CT molecular complexity index is 1130. The fraction of sp³-hybridized carbons (Fsp3) is 0.143. The molecule has 0 bridgehead atoms. The SMILES string of the molecule is Cc1ccccc1C(c1ccc(C(=O)O)nc1)(c1ccccc1C)c1ccccc1C. The third kappa shape index (κ3) is 3.42. The number of pyridine rings is 1. The average Bonchev–Trinajstić information content (AvgIpc) is 2.78. The maximum Gasteiger partial charge on any atom is 0.354 e. The molecule has 0 spiro atoms. The quantitative estimate of drug-likeness (QED) is 0.407. The number of carboxylic acids is 1. The molecular formula is C28H25NO2. The molecule has 0 aliphatic rings. The summed E-state index contributed by atoms with van der Waals surface area (Å²) >= 11 is 0. The van der Waals surface area contributed by atoms with Gasteiger partial charge in [-0.25, -0.2) is 9.78 Å². The number of benzene rings is 3. The van der Waals surface area contributed by atoms with Gasteiger partial charge >= 0.3 is 5.97 Å². The molecule has 0 fully saturated rings. The molecular weight excluding hydrogens is 382 g/mol. The number of carbonyl (C=O) groups is 1. The van der Waals surface area contributed by atoms with Gasteiger partial charge in [-0.05, 0) is 65.8 Å². The van der Waals surface area contributed by atoms with E-state index < -0.39 is 11.4 Å². The molecule has 4 aromatic rings. The van der Waals surface area contributed by atoms with Crippen LogP contribution in [0.4, 0.5) is 0 Å². The number of rotatable bonds is 5. The maximum absolute atomic E-state index is 11.5. The van der Waals surface area contributed by atoms with Gasteiger partial charge in [0.15, 0.2) is 0 Å². The first-order valence-electron chi connectivity index (χ1n) is 10.3. The van der Waals surface area contributed by atoms with Gasteiger partial charge in [-0.15, -0.1) is 0 Å². The van der Waals surface area contributed by atoms with Crippen LogP contribution in [0.1, 0.15) is 49.4 Å². The molecule has 3 aromatic carbocycles. The predicted octanol–water partition coefficient (Wildman–Crippen LogP) is 6.09. The van der Waals surface area contributed by atoms with Crippen LogP contribution in [0.25, 0.3) is 0 Å². The van der Waals surface area contributed by atoms with E-state index in [2.05, 4.69) is 80.4 Å². The zero-order valence-electron chi connectivity index (χ0n) is 18.0. The van der Waals surface area contributed by atoms with Crippen molar-refractivity contribution in [3.05, 3.63) is 136 Å². The molecule has 0 amide bonds. The van der Waals surface area contributed by atoms with Crippen molar-refractivity contribution in [2.75, 3.05) is 0 Å².